The van der Waals surface area contributed by atoms with Crippen LogP contribution in [0.1, 0.15) is 29.2 Å². The molecule has 0 amide bonds. The third kappa shape index (κ3) is 2.56. The molecule has 0 atom stereocenters. The Bertz CT molecular complexity index is 1350. The van der Waals surface area contributed by atoms with Gasteiger partial charge in [0.05, 0.1) is 0 Å². The van der Waals surface area contributed by atoms with E-state index in [0.717, 1.165) is 44.5 Å². The molecule has 2 aliphatic carbocycles. The minimum atomic E-state index is -6.64. The number of fused-ring (bicyclic) bond motifs is 6. The van der Waals surface area contributed by atoms with Gasteiger partial charge < -0.3 is 0 Å². The van der Waals surface area contributed by atoms with Crippen molar-refractivity contribution in [1.29, 1.82) is 0 Å². The van der Waals surface area contributed by atoms with E-state index in [0.29, 0.717) is 19.4 Å². The summed E-state index contributed by atoms with van der Waals surface area (Å²) in [7, 11) is 0. The Kier molecular flexibility index (Phi) is 4.02. The Morgan fingerprint density at radius 1 is 0.581 bits per heavy atom. The molecule has 3 heteroatoms. The van der Waals surface area contributed by atoms with Crippen LogP contribution in [0.15, 0.2) is 84.9 Å². The van der Waals surface area contributed by atoms with E-state index in [1.807, 2.05) is 48.5 Å². The van der Waals surface area contributed by atoms with E-state index in [1.54, 1.807) is 19.1 Å². The number of hydrogen-bond donors (Lipinski definition) is 0. The van der Waals surface area contributed by atoms with Crippen LogP contribution in [0.3, 0.4) is 0 Å². The van der Waals surface area contributed by atoms with Gasteiger partial charge in [-0.05, 0) is 0 Å². The summed E-state index contributed by atoms with van der Waals surface area (Å²) in [6.07, 6.45) is 1.17. The first-order chi connectivity index (χ1) is 15.0. The average molecular weight is 488 g/mol. The van der Waals surface area contributed by atoms with Crippen molar-refractivity contribution in [2.75, 3.05) is 0 Å². The first-order valence-electron chi connectivity index (χ1n) is 10.8. The first-order valence-corrected chi connectivity index (χ1v) is 16.5. The molecule has 0 radical (unpaired) electrons. The molecule has 31 heavy (non-hydrogen) atoms. The summed E-state index contributed by atoms with van der Waals surface area (Å²) in [4.78, 5) is 0. The topological polar surface area (TPSA) is 0 Å². The summed E-state index contributed by atoms with van der Waals surface area (Å²) in [5.41, 5.74) is 8.07. The van der Waals surface area contributed by atoms with Crippen LogP contribution >= 0.6 is 0 Å². The predicted octanol–water partition coefficient (Wildman–Crippen LogP) is 6.06. The van der Waals surface area contributed by atoms with Gasteiger partial charge in [0.15, 0.2) is 0 Å². The summed E-state index contributed by atoms with van der Waals surface area (Å²) < 4.78 is 36.6. The van der Waals surface area contributed by atoms with Gasteiger partial charge in [0.1, 0.15) is 0 Å². The van der Waals surface area contributed by atoms with Gasteiger partial charge in [0.2, 0.25) is 0 Å². The standard InChI is InChI=1S/2C13H9.C2H4.2FH.Zr/c2*1-3-7-12-10(5-1)9-11-6-2-4-8-13(11)12;1-2;;;/h2*1-5,7-8H,9H2;1H,2H3;2*1H;/q;;;;;+2/p-2. The van der Waals surface area contributed by atoms with Crippen LogP contribution in [0.2, 0.25) is 0 Å². The molecular formula is C28H22F2Zr. The third-order valence-electron chi connectivity index (χ3n) is 7.20. The molecule has 0 aliphatic heterocycles. The first kappa shape index (κ1) is 19.2. The fraction of sp³-hybridized carbons (Fsp3) is 0.107. The summed E-state index contributed by atoms with van der Waals surface area (Å²) in [6.45, 7) is 1.58. The zero-order chi connectivity index (χ0) is 21.2. The van der Waals surface area contributed by atoms with Gasteiger partial charge >= 0.3 is 184 Å². The van der Waals surface area contributed by atoms with Gasteiger partial charge in [-0.3, -0.25) is 0 Å². The van der Waals surface area contributed by atoms with Crippen molar-refractivity contribution in [3.63, 3.8) is 0 Å². The fourth-order valence-corrected chi connectivity index (χ4v) is 13.7. The molecular weight excluding hydrogens is 466 g/mol. The summed E-state index contributed by atoms with van der Waals surface area (Å²) in [5, 5.41) is 0. The Morgan fingerprint density at radius 3 is 1.45 bits per heavy atom. The molecule has 0 bridgehead atoms. The van der Waals surface area contributed by atoms with E-state index in [1.165, 1.54) is 3.71 Å². The summed E-state index contributed by atoms with van der Waals surface area (Å²) in [5.74, 6) is 0. The average Bonchev–Trinajstić information content (AvgIpc) is 3.37. The molecule has 0 saturated heterocycles. The van der Waals surface area contributed by atoms with E-state index in [-0.39, 0.29) is 0 Å². The zero-order valence-electron chi connectivity index (χ0n) is 17.3. The second-order valence-corrected chi connectivity index (χ2v) is 18.1. The van der Waals surface area contributed by atoms with E-state index < -0.39 is 19.5 Å². The maximum absolute atomic E-state index is 17.3. The quantitative estimate of drug-likeness (QED) is 0.278. The van der Waals surface area contributed by atoms with Crippen LogP contribution in [0, 0.1) is 0 Å². The Balaban J connectivity index is 1.63. The van der Waals surface area contributed by atoms with Crippen molar-refractivity contribution in [2.24, 2.45) is 0 Å². The molecule has 4 aromatic rings. The van der Waals surface area contributed by atoms with Gasteiger partial charge in [-0.15, -0.1) is 0 Å². The van der Waals surface area contributed by atoms with Crippen LogP contribution in [-0.4, -0.2) is 3.71 Å². The molecule has 2 aliphatic rings. The zero-order valence-corrected chi connectivity index (χ0v) is 19.8. The van der Waals surface area contributed by atoms with Crippen LogP contribution in [0.5, 0.6) is 0 Å². The monoisotopic (exact) mass is 486 g/mol. The van der Waals surface area contributed by atoms with Gasteiger partial charge in [-0.25, -0.2) is 0 Å². The van der Waals surface area contributed by atoms with Crippen molar-refractivity contribution in [3.05, 3.63) is 107 Å². The minimum absolute atomic E-state index is 0.307. The second-order valence-electron chi connectivity index (χ2n) is 8.70. The van der Waals surface area contributed by atoms with Crippen LogP contribution in [-0.2, 0) is 32.4 Å². The van der Waals surface area contributed by atoms with Crippen molar-refractivity contribution in [1.82, 2.24) is 0 Å². The molecule has 152 valence electrons. The molecule has 4 aromatic carbocycles. The fourth-order valence-electron chi connectivity index (χ4n) is 5.63. The second kappa shape index (κ2) is 6.50. The van der Waals surface area contributed by atoms with Gasteiger partial charge in [-0.1, -0.05) is 0 Å². The van der Waals surface area contributed by atoms with Crippen molar-refractivity contribution < 1.29 is 24.8 Å². The van der Waals surface area contributed by atoms with Gasteiger partial charge in [0.25, 0.3) is 0 Å². The molecule has 0 unspecified atom stereocenters. The third-order valence-corrected chi connectivity index (χ3v) is 16.8. The molecule has 0 spiro atoms. The number of rotatable bonds is 2. The maximum atomic E-state index is 17.3. The number of benzene rings is 4. The molecule has 0 heterocycles. The molecule has 6 rings (SSSR count). The van der Waals surface area contributed by atoms with Crippen molar-refractivity contribution in [3.8, 4) is 22.3 Å². The van der Waals surface area contributed by atoms with Crippen molar-refractivity contribution >= 4 is 10.3 Å². The number of hydrogen-bond acceptors (Lipinski definition) is 0. The van der Waals surface area contributed by atoms with Gasteiger partial charge in [0, 0.05) is 0 Å². The van der Waals surface area contributed by atoms with Crippen LogP contribution in [0.25, 0.3) is 22.3 Å². The van der Waals surface area contributed by atoms with E-state index >= 15 is 5.25 Å². The van der Waals surface area contributed by atoms with E-state index in [2.05, 4.69) is 24.3 Å². The van der Waals surface area contributed by atoms with Crippen LogP contribution < -0.4 is 6.54 Å². The SMILES string of the molecule is C[CH]=[Zr]([F])([F])([c]1cccc2c1Cc1ccccc1-2)[c]1cccc2c1Cc1ccccc1-2. The molecule has 0 aromatic heterocycles. The van der Waals surface area contributed by atoms with E-state index in [9.17, 15) is 0 Å². The molecule has 0 fully saturated rings. The normalized spacial score (nSPS) is 13.9. The number of halogens is 2. The Morgan fingerprint density at radius 2 is 1.00 bits per heavy atom. The summed E-state index contributed by atoms with van der Waals surface area (Å²) >= 11 is -6.64. The van der Waals surface area contributed by atoms with Crippen LogP contribution in [0.4, 0.5) is 5.25 Å². The molecule has 0 saturated carbocycles. The Hall–Kier alpha value is -2.51. The Labute approximate surface area is 183 Å². The van der Waals surface area contributed by atoms with E-state index in [4.69, 9.17) is 0 Å². The summed E-state index contributed by atoms with van der Waals surface area (Å²) in [6, 6.07) is 27.3. The molecule has 0 nitrogen and oxygen atoms in total. The van der Waals surface area contributed by atoms with Crippen molar-refractivity contribution in [2.45, 2.75) is 19.8 Å². The molecule has 0 N–H and O–H groups in total. The predicted molar refractivity (Wildman–Crippen MR) is 123 cm³/mol. The van der Waals surface area contributed by atoms with Gasteiger partial charge in [-0.2, -0.15) is 0 Å².